The standard InChI is InChI=1S/C21H25N3O4S2/c1-5-23-18-11-8-16(12-19(18)29-21(23)26)22-20(25)13-24(30(4,27)28)17-9-6-15(7-10-17)14(2)3/h6-12,14H,5,13H2,1-4H3,(H,22,25). The van der Waals surface area contributed by atoms with Gasteiger partial charge >= 0.3 is 4.87 Å². The van der Waals surface area contributed by atoms with Crippen LogP contribution in [0.15, 0.2) is 47.3 Å². The lowest BCUT2D eigenvalue weighted by atomic mass is 10.0. The van der Waals surface area contributed by atoms with Gasteiger partial charge in [-0.25, -0.2) is 8.42 Å². The van der Waals surface area contributed by atoms with E-state index in [1.807, 2.05) is 19.1 Å². The largest absolute Gasteiger partial charge is 0.324 e. The van der Waals surface area contributed by atoms with Crippen molar-refractivity contribution >= 4 is 48.9 Å². The van der Waals surface area contributed by atoms with E-state index >= 15 is 0 Å². The molecule has 1 aromatic heterocycles. The fraction of sp³-hybridized carbons (Fsp3) is 0.333. The van der Waals surface area contributed by atoms with Gasteiger partial charge in [0.2, 0.25) is 15.9 Å². The number of amides is 1. The van der Waals surface area contributed by atoms with E-state index in [1.165, 1.54) is 0 Å². The number of aryl methyl sites for hydroxylation is 1. The van der Waals surface area contributed by atoms with E-state index in [0.717, 1.165) is 37.7 Å². The number of anilines is 2. The van der Waals surface area contributed by atoms with Crippen LogP contribution < -0.4 is 14.5 Å². The molecule has 0 atom stereocenters. The summed E-state index contributed by atoms with van der Waals surface area (Å²) in [5, 5.41) is 2.73. The van der Waals surface area contributed by atoms with Gasteiger partial charge < -0.3 is 5.32 Å². The Balaban J connectivity index is 1.81. The van der Waals surface area contributed by atoms with Crippen molar-refractivity contribution in [1.82, 2.24) is 4.57 Å². The van der Waals surface area contributed by atoms with E-state index < -0.39 is 15.9 Å². The number of thiazole rings is 1. The van der Waals surface area contributed by atoms with Crippen molar-refractivity contribution in [1.29, 1.82) is 0 Å². The Morgan fingerprint density at radius 1 is 1.17 bits per heavy atom. The molecule has 160 valence electrons. The fourth-order valence-electron chi connectivity index (χ4n) is 3.20. The first kappa shape index (κ1) is 22.0. The quantitative estimate of drug-likeness (QED) is 0.599. The Labute approximate surface area is 180 Å². The highest BCUT2D eigenvalue weighted by molar-refractivity contribution is 7.92. The molecule has 0 aliphatic heterocycles. The van der Waals surface area contributed by atoms with Crippen LogP contribution >= 0.6 is 11.3 Å². The maximum Gasteiger partial charge on any atom is 0.308 e. The Morgan fingerprint density at radius 3 is 2.40 bits per heavy atom. The summed E-state index contributed by atoms with van der Waals surface area (Å²) in [5.74, 6) is -0.141. The van der Waals surface area contributed by atoms with Crippen LogP contribution in [0, 0.1) is 0 Å². The molecule has 0 bridgehead atoms. The molecule has 1 N–H and O–H groups in total. The van der Waals surface area contributed by atoms with Crippen LogP contribution in [0.25, 0.3) is 10.2 Å². The van der Waals surface area contributed by atoms with Crippen LogP contribution in [0.2, 0.25) is 0 Å². The molecule has 0 aliphatic carbocycles. The molecule has 3 rings (SSSR count). The third kappa shape index (κ3) is 4.73. The molecule has 0 fully saturated rings. The molecule has 0 spiro atoms. The van der Waals surface area contributed by atoms with Gasteiger partial charge in [-0.15, -0.1) is 0 Å². The minimum absolute atomic E-state index is 0.0518. The highest BCUT2D eigenvalue weighted by Crippen LogP contribution is 2.24. The number of hydrogen-bond acceptors (Lipinski definition) is 5. The fourth-order valence-corrected chi connectivity index (χ4v) is 5.05. The number of benzene rings is 2. The van der Waals surface area contributed by atoms with Gasteiger partial charge in [0.25, 0.3) is 0 Å². The zero-order valence-electron chi connectivity index (χ0n) is 17.4. The van der Waals surface area contributed by atoms with Gasteiger partial charge in [-0.2, -0.15) is 0 Å². The first-order valence-corrected chi connectivity index (χ1v) is 12.3. The minimum Gasteiger partial charge on any atom is -0.324 e. The number of nitrogens with zero attached hydrogens (tertiary/aromatic N) is 2. The molecular weight excluding hydrogens is 422 g/mol. The van der Waals surface area contributed by atoms with Gasteiger partial charge in [-0.05, 0) is 48.7 Å². The highest BCUT2D eigenvalue weighted by atomic mass is 32.2. The first-order chi connectivity index (χ1) is 14.1. The predicted octanol–water partition coefficient (Wildman–Crippen LogP) is 3.61. The molecular formula is C21H25N3O4S2. The van der Waals surface area contributed by atoms with E-state index in [9.17, 15) is 18.0 Å². The zero-order valence-corrected chi connectivity index (χ0v) is 19.0. The number of hydrogen-bond donors (Lipinski definition) is 1. The van der Waals surface area contributed by atoms with Crippen LogP contribution in [0.1, 0.15) is 32.3 Å². The van der Waals surface area contributed by atoms with Crippen LogP contribution in [0.3, 0.4) is 0 Å². The number of nitrogens with one attached hydrogen (secondary N) is 1. The SMILES string of the molecule is CCn1c(=O)sc2cc(NC(=O)CN(c3ccc(C(C)C)cc3)S(C)(=O)=O)ccc21. The number of carbonyl (C=O) groups is 1. The van der Waals surface area contributed by atoms with Gasteiger partial charge in [-0.3, -0.25) is 18.5 Å². The monoisotopic (exact) mass is 447 g/mol. The summed E-state index contributed by atoms with van der Waals surface area (Å²) >= 11 is 1.11. The van der Waals surface area contributed by atoms with Gasteiger partial charge in [0.15, 0.2) is 0 Å². The Kier molecular flexibility index (Phi) is 6.33. The second-order valence-corrected chi connectivity index (χ2v) is 10.3. The van der Waals surface area contributed by atoms with Crippen LogP contribution in [-0.4, -0.2) is 31.7 Å². The summed E-state index contributed by atoms with van der Waals surface area (Å²) in [6.07, 6.45) is 1.08. The minimum atomic E-state index is -3.65. The lowest BCUT2D eigenvalue weighted by Gasteiger charge is -2.22. The van der Waals surface area contributed by atoms with Gasteiger partial charge in [-0.1, -0.05) is 37.3 Å². The zero-order chi connectivity index (χ0) is 22.1. The molecule has 0 saturated heterocycles. The maximum atomic E-state index is 12.6. The van der Waals surface area contributed by atoms with Crippen molar-refractivity contribution in [2.24, 2.45) is 0 Å². The number of aromatic nitrogens is 1. The Hall–Kier alpha value is -2.65. The summed E-state index contributed by atoms with van der Waals surface area (Å²) in [7, 11) is -3.65. The smallest absolute Gasteiger partial charge is 0.308 e. The van der Waals surface area contributed by atoms with Crippen LogP contribution in [0.4, 0.5) is 11.4 Å². The van der Waals surface area contributed by atoms with Crippen molar-refractivity contribution in [2.75, 3.05) is 22.4 Å². The molecule has 30 heavy (non-hydrogen) atoms. The second kappa shape index (κ2) is 8.61. The topological polar surface area (TPSA) is 88.5 Å². The number of carbonyl (C=O) groups excluding carboxylic acids is 1. The Bertz CT molecular complexity index is 1230. The number of fused-ring (bicyclic) bond motifs is 1. The van der Waals surface area contributed by atoms with E-state index in [-0.39, 0.29) is 11.4 Å². The van der Waals surface area contributed by atoms with Gasteiger partial charge in [0.1, 0.15) is 6.54 Å². The molecule has 9 heteroatoms. The van der Waals surface area contributed by atoms with Crippen molar-refractivity contribution in [2.45, 2.75) is 33.2 Å². The highest BCUT2D eigenvalue weighted by Gasteiger charge is 2.21. The summed E-state index contributed by atoms with van der Waals surface area (Å²) in [5.41, 5.74) is 2.85. The molecule has 3 aromatic rings. The normalized spacial score (nSPS) is 11.8. The molecule has 0 radical (unpaired) electrons. The molecule has 0 unspecified atom stereocenters. The van der Waals surface area contributed by atoms with E-state index in [1.54, 1.807) is 34.9 Å². The van der Waals surface area contributed by atoms with E-state index in [2.05, 4.69) is 19.2 Å². The summed E-state index contributed by atoms with van der Waals surface area (Å²) in [4.78, 5) is 24.6. The van der Waals surface area contributed by atoms with Crippen molar-refractivity contribution in [3.63, 3.8) is 0 Å². The molecule has 1 heterocycles. The van der Waals surface area contributed by atoms with Crippen molar-refractivity contribution in [3.05, 3.63) is 57.7 Å². The average molecular weight is 448 g/mol. The second-order valence-electron chi connectivity index (χ2n) is 7.36. The van der Waals surface area contributed by atoms with E-state index in [0.29, 0.717) is 23.8 Å². The summed E-state index contributed by atoms with van der Waals surface area (Å²) in [6.45, 7) is 6.24. The Morgan fingerprint density at radius 2 is 1.83 bits per heavy atom. The molecule has 1 amide bonds. The number of rotatable bonds is 7. The summed E-state index contributed by atoms with van der Waals surface area (Å²) < 4.78 is 28.1. The van der Waals surface area contributed by atoms with Gasteiger partial charge in [0, 0.05) is 12.2 Å². The molecule has 0 aliphatic rings. The van der Waals surface area contributed by atoms with Crippen molar-refractivity contribution in [3.8, 4) is 0 Å². The van der Waals surface area contributed by atoms with Crippen LogP contribution in [0.5, 0.6) is 0 Å². The lowest BCUT2D eigenvalue weighted by molar-refractivity contribution is -0.114. The lowest BCUT2D eigenvalue weighted by Crippen LogP contribution is -2.37. The maximum absolute atomic E-state index is 12.6. The molecule has 0 saturated carbocycles. The van der Waals surface area contributed by atoms with E-state index in [4.69, 9.17) is 0 Å². The van der Waals surface area contributed by atoms with Crippen LogP contribution in [-0.2, 0) is 21.4 Å². The third-order valence-corrected chi connectivity index (χ3v) is 6.89. The third-order valence-electron chi connectivity index (χ3n) is 4.80. The predicted molar refractivity (Wildman–Crippen MR) is 123 cm³/mol. The van der Waals surface area contributed by atoms with Crippen molar-refractivity contribution < 1.29 is 13.2 Å². The number of sulfonamides is 1. The first-order valence-electron chi connectivity index (χ1n) is 9.61. The van der Waals surface area contributed by atoms with Gasteiger partial charge in [0.05, 0.1) is 22.2 Å². The molecule has 2 aromatic carbocycles. The summed E-state index contributed by atoms with van der Waals surface area (Å²) in [6, 6.07) is 12.4. The molecule has 7 nitrogen and oxygen atoms in total. The average Bonchev–Trinajstić information content (AvgIpc) is 2.99.